The first-order valence-corrected chi connectivity index (χ1v) is 23.2. The van der Waals surface area contributed by atoms with Gasteiger partial charge in [0.25, 0.3) is 17.4 Å². The van der Waals surface area contributed by atoms with Crippen LogP contribution in [0.3, 0.4) is 0 Å². The van der Waals surface area contributed by atoms with Gasteiger partial charge in [-0.25, -0.2) is 14.8 Å². The van der Waals surface area contributed by atoms with Crippen LogP contribution in [-0.4, -0.2) is 152 Å². The maximum Gasteiger partial charge on any atom is 0.320 e. The van der Waals surface area contributed by atoms with Crippen LogP contribution in [0, 0.1) is 6.92 Å². The fourth-order valence-corrected chi connectivity index (χ4v) is 10.8. The second-order valence-corrected chi connectivity index (χ2v) is 18.3. The van der Waals surface area contributed by atoms with Gasteiger partial charge in [-0.3, -0.25) is 48.5 Å². The van der Waals surface area contributed by atoms with Crippen molar-refractivity contribution in [1.82, 2.24) is 44.4 Å². The molecule has 10 rings (SSSR count). The average Bonchev–Trinajstić information content (AvgIpc) is 3.95. The molecule has 0 bridgehead atoms. The number of carbonyl (C=O) groups is 6. The number of hydrogen-bond donors (Lipinski definition) is 2. The van der Waals surface area contributed by atoms with Crippen molar-refractivity contribution in [3.05, 3.63) is 75.3 Å². The van der Waals surface area contributed by atoms with Gasteiger partial charge in [-0.15, -0.1) is 0 Å². The summed E-state index contributed by atoms with van der Waals surface area (Å²) in [7, 11) is 0. The zero-order chi connectivity index (χ0) is 45.8. The van der Waals surface area contributed by atoms with Gasteiger partial charge in [0.15, 0.2) is 5.78 Å². The monoisotopic (exact) mass is 898 g/mol. The van der Waals surface area contributed by atoms with Gasteiger partial charge >= 0.3 is 6.03 Å². The molecule has 19 nitrogen and oxygen atoms in total. The Morgan fingerprint density at radius 2 is 1.38 bits per heavy atom. The Morgan fingerprint density at radius 1 is 0.712 bits per heavy atom. The molecule has 8 heterocycles. The summed E-state index contributed by atoms with van der Waals surface area (Å²) in [5.41, 5.74) is 3.41. The van der Waals surface area contributed by atoms with Gasteiger partial charge < -0.3 is 24.9 Å². The molecule has 6 aliphatic rings. The van der Waals surface area contributed by atoms with E-state index in [2.05, 4.69) is 35.3 Å². The summed E-state index contributed by atoms with van der Waals surface area (Å²) in [6.07, 6.45) is 9.32. The Balaban J connectivity index is 0.689. The predicted molar refractivity (Wildman–Crippen MR) is 244 cm³/mol. The van der Waals surface area contributed by atoms with Crippen molar-refractivity contribution in [1.29, 1.82) is 0 Å². The second-order valence-electron chi connectivity index (χ2n) is 18.3. The third kappa shape index (κ3) is 7.92. The number of imide groups is 2. The molecule has 1 aliphatic carbocycles. The van der Waals surface area contributed by atoms with E-state index in [0.717, 1.165) is 81.0 Å². The molecule has 5 aliphatic heterocycles. The van der Waals surface area contributed by atoms with Gasteiger partial charge in [-0.2, -0.15) is 4.98 Å². The lowest BCUT2D eigenvalue weighted by atomic mass is 10.0. The lowest BCUT2D eigenvalue weighted by Crippen LogP contribution is -2.58. The Hall–Kier alpha value is -6.76. The van der Waals surface area contributed by atoms with Gasteiger partial charge in [-0.05, 0) is 81.8 Å². The standard InChI is InChI=1S/C47H54N12O7/c1-28-36-27-49-46(52-41(36)58(31-5-3-4-6-31)45(65)40(28)29(2)60)50-38-11-8-33(26-48-38)55-19-23-57(24-20-55)47(66)56-21-17-54(18-22-56)30-13-15-53(16-14-30)32-7-9-34-35(25-32)44(64)59(43(34)63)37-10-12-39(61)51-42(37)62/h7-9,11,25-27,30-31,37H,3-6,10,12-24H2,1-2H3,(H,51,61,62)(H,48,49,50,52). The molecule has 66 heavy (non-hydrogen) atoms. The van der Waals surface area contributed by atoms with Gasteiger partial charge in [0.1, 0.15) is 17.5 Å². The molecular formula is C47H54N12O7. The van der Waals surface area contributed by atoms with Crippen LogP contribution >= 0.6 is 0 Å². The first-order valence-electron chi connectivity index (χ1n) is 23.2. The number of fused-ring (bicyclic) bond motifs is 2. The Kier molecular flexibility index (Phi) is 11.5. The number of hydrogen-bond acceptors (Lipinski definition) is 14. The van der Waals surface area contributed by atoms with Crippen LogP contribution in [-0.2, 0) is 9.59 Å². The predicted octanol–water partition coefficient (Wildman–Crippen LogP) is 3.49. The van der Waals surface area contributed by atoms with Crippen molar-refractivity contribution >= 4 is 69.6 Å². The molecule has 0 spiro atoms. The van der Waals surface area contributed by atoms with Crippen molar-refractivity contribution < 1.29 is 28.8 Å². The van der Waals surface area contributed by atoms with Crippen LogP contribution in [0.5, 0.6) is 0 Å². The minimum atomic E-state index is -0.990. The van der Waals surface area contributed by atoms with Gasteiger partial charge in [0.05, 0.1) is 28.6 Å². The minimum Gasteiger partial charge on any atom is -0.371 e. The van der Waals surface area contributed by atoms with Crippen molar-refractivity contribution in [2.24, 2.45) is 0 Å². The number of urea groups is 1. The Morgan fingerprint density at radius 3 is 2.05 bits per heavy atom. The number of carbonyl (C=O) groups excluding carboxylic acids is 6. The van der Waals surface area contributed by atoms with E-state index in [1.807, 2.05) is 28.0 Å². The summed E-state index contributed by atoms with van der Waals surface area (Å²) in [6.45, 7) is 10.3. The number of ketones is 1. The fraction of sp³-hybridized carbons (Fsp3) is 0.489. The number of nitrogens with one attached hydrogen (secondary N) is 2. The SMILES string of the molecule is CC(=O)c1c(C)c2cnc(Nc3ccc(N4CCN(C(=O)N5CCN(C6CCN(c7ccc8c(c7)C(=O)N(C7CCC(=O)NC7=O)C8=O)CC6)CC5)CC4)cn3)nc2n(C2CCCC2)c1=O. The van der Waals surface area contributed by atoms with Crippen molar-refractivity contribution in [3.63, 3.8) is 0 Å². The number of amides is 6. The molecule has 344 valence electrons. The first kappa shape index (κ1) is 43.1. The highest BCUT2D eigenvalue weighted by Gasteiger charge is 2.45. The molecule has 6 amide bonds. The maximum absolute atomic E-state index is 13.7. The van der Waals surface area contributed by atoms with E-state index in [-0.39, 0.29) is 52.9 Å². The highest BCUT2D eigenvalue weighted by molar-refractivity contribution is 6.23. The number of aromatic nitrogens is 4. The van der Waals surface area contributed by atoms with E-state index in [1.165, 1.54) is 6.92 Å². The molecular weight excluding hydrogens is 845 g/mol. The topological polar surface area (TPSA) is 207 Å². The number of rotatable bonds is 8. The average molecular weight is 899 g/mol. The largest absolute Gasteiger partial charge is 0.371 e. The highest BCUT2D eigenvalue weighted by atomic mass is 16.2. The summed E-state index contributed by atoms with van der Waals surface area (Å²) in [5.74, 6) is -1.41. The number of pyridine rings is 2. The molecule has 1 unspecified atom stereocenters. The van der Waals surface area contributed by atoms with Crippen molar-refractivity contribution in [2.75, 3.05) is 80.6 Å². The number of anilines is 4. The van der Waals surface area contributed by atoms with Crippen LogP contribution < -0.4 is 26.0 Å². The summed E-state index contributed by atoms with van der Waals surface area (Å²) < 4.78 is 1.70. The maximum atomic E-state index is 13.7. The van der Waals surface area contributed by atoms with Crippen LogP contribution in [0.2, 0.25) is 0 Å². The quantitative estimate of drug-likeness (QED) is 0.192. The van der Waals surface area contributed by atoms with Gasteiger partial charge in [-0.1, -0.05) is 12.8 Å². The van der Waals surface area contributed by atoms with Crippen LogP contribution in [0.15, 0.2) is 47.5 Å². The lowest BCUT2D eigenvalue weighted by Gasteiger charge is -2.45. The molecule has 1 atom stereocenters. The normalized spacial score (nSPS) is 21.2. The van der Waals surface area contributed by atoms with E-state index < -0.39 is 29.7 Å². The molecule has 19 heteroatoms. The Labute approximate surface area is 381 Å². The summed E-state index contributed by atoms with van der Waals surface area (Å²) in [4.78, 5) is 116. The molecule has 1 saturated carbocycles. The van der Waals surface area contributed by atoms with E-state index in [1.54, 1.807) is 36.0 Å². The number of nitrogens with zero attached hydrogens (tertiary/aromatic N) is 10. The number of piperidine rings is 2. The smallest absolute Gasteiger partial charge is 0.320 e. The zero-order valence-corrected chi connectivity index (χ0v) is 37.3. The molecule has 2 N–H and O–H groups in total. The summed E-state index contributed by atoms with van der Waals surface area (Å²) in [5, 5.41) is 6.13. The number of piperazine rings is 2. The van der Waals surface area contributed by atoms with Crippen LogP contribution in [0.1, 0.15) is 101 Å². The van der Waals surface area contributed by atoms with Crippen molar-refractivity contribution in [2.45, 2.75) is 83.3 Å². The molecule has 0 radical (unpaired) electrons. The van der Waals surface area contributed by atoms with Crippen molar-refractivity contribution in [3.8, 4) is 0 Å². The molecule has 4 aromatic rings. The van der Waals surface area contributed by atoms with Crippen LogP contribution in [0.25, 0.3) is 11.0 Å². The minimum absolute atomic E-state index is 0.0105. The third-order valence-corrected chi connectivity index (χ3v) is 14.5. The second kappa shape index (κ2) is 17.6. The molecule has 1 aromatic carbocycles. The lowest BCUT2D eigenvalue weighted by molar-refractivity contribution is -0.136. The van der Waals surface area contributed by atoms with E-state index >= 15 is 0 Å². The summed E-state index contributed by atoms with van der Waals surface area (Å²) in [6, 6.07) is 8.60. The van der Waals surface area contributed by atoms with E-state index in [9.17, 15) is 33.6 Å². The van der Waals surface area contributed by atoms with E-state index in [4.69, 9.17) is 4.98 Å². The number of benzene rings is 1. The fourth-order valence-electron chi connectivity index (χ4n) is 10.8. The molecule has 4 saturated heterocycles. The van der Waals surface area contributed by atoms with Crippen LogP contribution in [0.4, 0.5) is 27.9 Å². The number of Topliss-reactive ketones (excluding diaryl/α,β-unsaturated/α-hetero) is 1. The number of aryl methyl sites for hydroxylation is 1. The molecule has 5 fully saturated rings. The highest BCUT2D eigenvalue weighted by Crippen LogP contribution is 2.34. The first-order chi connectivity index (χ1) is 31.9. The van der Waals surface area contributed by atoms with Gasteiger partial charge in [0.2, 0.25) is 17.8 Å². The van der Waals surface area contributed by atoms with E-state index in [0.29, 0.717) is 73.7 Å². The summed E-state index contributed by atoms with van der Waals surface area (Å²) >= 11 is 0. The zero-order valence-electron chi connectivity index (χ0n) is 37.3. The Bertz CT molecular complexity index is 2690. The third-order valence-electron chi connectivity index (χ3n) is 14.5. The van der Waals surface area contributed by atoms with Gasteiger partial charge in [0, 0.05) is 101 Å². The molecule has 3 aromatic heterocycles.